The summed E-state index contributed by atoms with van der Waals surface area (Å²) in [5, 5.41) is 2.96. The van der Waals surface area contributed by atoms with E-state index < -0.39 is 10.0 Å². The van der Waals surface area contributed by atoms with Gasteiger partial charge in [-0.05, 0) is 25.8 Å². The van der Waals surface area contributed by atoms with Crippen molar-refractivity contribution >= 4 is 10.0 Å². The van der Waals surface area contributed by atoms with Gasteiger partial charge in [-0.2, -0.15) is 4.31 Å². The van der Waals surface area contributed by atoms with Gasteiger partial charge in [-0.25, -0.2) is 8.42 Å². The summed E-state index contributed by atoms with van der Waals surface area (Å²) in [5.74, 6) is 1.12. The molecule has 0 amide bonds. The topological polar surface area (TPSA) is 62.6 Å². The first-order chi connectivity index (χ1) is 8.76. The largest absolute Gasteiger partial charge is 0.464 e. The van der Waals surface area contributed by atoms with Crippen LogP contribution >= 0.6 is 0 Å². The number of nitrogens with one attached hydrogen (secondary N) is 1. The summed E-state index contributed by atoms with van der Waals surface area (Å²) in [5.41, 5.74) is 0.0541. The molecule has 1 N–H and O–H groups in total. The zero-order valence-electron chi connectivity index (χ0n) is 12.0. The van der Waals surface area contributed by atoms with E-state index in [1.54, 1.807) is 24.3 Å². The van der Waals surface area contributed by atoms with E-state index in [9.17, 15) is 8.42 Å². The standard InChI is InChI=1S/C13H22N2O3S/c1-10-12(7-11(18-10)8-14-4)19(16,17)15-6-5-13(2,3)9-15/h7,14H,5-6,8-9H2,1-4H3. The SMILES string of the molecule is CNCc1cc(S(=O)(=O)N2CCC(C)(C)C2)c(C)o1. The summed E-state index contributed by atoms with van der Waals surface area (Å²) in [6.45, 7) is 7.58. The van der Waals surface area contributed by atoms with Gasteiger partial charge < -0.3 is 9.73 Å². The molecule has 0 saturated carbocycles. The first kappa shape index (κ1) is 14.6. The number of furan rings is 1. The van der Waals surface area contributed by atoms with E-state index in [1.807, 2.05) is 0 Å². The Balaban J connectivity index is 2.30. The monoisotopic (exact) mass is 286 g/mol. The molecule has 1 fully saturated rings. The highest BCUT2D eigenvalue weighted by Gasteiger charge is 2.38. The summed E-state index contributed by atoms with van der Waals surface area (Å²) in [7, 11) is -1.63. The van der Waals surface area contributed by atoms with Crippen molar-refractivity contribution in [3.8, 4) is 0 Å². The third-order valence-corrected chi connectivity index (χ3v) is 5.49. The van der Waals surface area contributed by atoms with Crippen LogP contribution in [0.15, 0.2) is 15.4 Å². The Labute approximate surface area is 115 Å². The van der Waals surface area contributed by atoms with Gasteiger partial charge in [0, 0.05) is 19.2 Å². The van der Waals surface area contributed by atoms with Crippen LogP contribution in [0.2, 0.25) is 0 Å². The molecule has 0 radical (unpaired) electrons. The minimum atomic E-state index is -3.43. The number of hydrogen-bond acceptors (Lipinski definition) is 4. The lowest BCUT2D eigenvalue weighted by molar-refractivity contribution is 0.375. The van der Waals surface area contributed by atoms with Crippen LogP contribution in [0.4, 0.5) is 0 Å². The fourth-order valence-corrected chi connectivity index (χ4v) is 4.26. The molecular weight excluding hydrogens is 264 g/mol. The predicted molar refractivity (Wildman–Crippen MR) is 73.4 cm³/mol. The molecule has 0 spiro atoms. The number of aryl methyl sites for hydroxylation is 1. The van der Waals surface area contributed by atoms with Gasteiger partial charge in [0.1, 0.15) is 16.4 Å². The van der Waals surface area contributed by atoms with Gasteiger partial charge in [-0.1, -0.05) is 13.8 Å². The van der Waals surface area contributed by atoms with Gasteiger partial charge in [-0.15, -0.1) is 0 Å². The van der Waals surface area contributed by atoms with E-state index >= 15 is 0 Å². The number of sulfonamides is 1. The van der Waals surface area contributed by atoms with Gasteiger partial charge in [0.25, 0.3) is 0 Å². The molecule has 19 heavy (non-hydrogen) atoms. The van der Waals surface area contributed by atoms with Gasteiger partial charge in [0.15, 0.2) is 0 Å². The molecule has 0 unspecified atom stereocenters. The molecule has 1 aromatic rings. The summed E-state index contributed by atoms with van der Waals surface area (Å²) in [4.78, 5) is 0.301. The lowest BCUT2D eigenvalue weighted by atomic mass is 9.93. The maximum Gasteiger partial charge on any atom is 0.246 e. The fraction of sp³-hybridized carbons (Fsp3) is 0.692. The Kier molecular flexibility index (Phi) is 3.77. The van der Waals surface area contributed by atoms with Gasteiger partial charge in [-0.3, -0.25) is 0 Å². The Bertz CT molecular complexity index is 560. The maximum absolute atomic E-state index is 12.6. The minimum absolute atomic E-state index is 0.0541. The fourth-order valence-electron chi connectivity index (χ4n) is 2.45. The molecule has 1 aliphatic rings. The average molecular weight is 286 g/mol. The molecule has 0 aliphatic carbocycles. The second kappa shape index (κ2) is 4.92. The van der Waals surface area contributed by atoms with Crippen molar-refractivity contribution in [1.29, 1.82) is 0 Å². The van der Waals surface area contributed by atoms with Crippen molar-refractivity contribution in [2.24, 2.45) is 5.41 Å². The molecule has 1 aromatic heterocycles. The van der Waals surface area contributed by atoms with Crippen LogP contribution in [0.25, 0.3) is 0 Å². The molecule has 6 heteroatoms. The quantitative estimate of drug-likeness (QED) is 0.915. The summed E-state index contributed by atoms with van der Waals surface area (Å²) in [6.07, 6.45) is 0.895. The number of nitrogens with zero attached hydrogens (tertiary/aromatic N) is 1. The molecule has 1 aliphatic heterocycles. The molecule has 5 nitrogen and oxygen atoms in total. The Morgan fingerprint density at radius 1 is 1.47 bits per heavy atom. The summed E-state index contributed by atoms with van der Waals surface area (Å²) in [6, 6.07) is 1.63. The van der Waals surface area contributed by atoms with Crippen molar-refractivity contribution in [2.45, 2.75) is 38.6 Å². The number of rotatable bonds is 4. The molecule has 2 heterocycles. The van der Waals surface area contributed by atoms with Crippen LogP contribution in [0.5, 0.6) is 0 Å². The van der Waals surface area contributed by atoms with Crippen molar-refractivity contribution in [3.05, 3.63) is 17.6 Å². The predicted octanol–water partition coefficient (Wildman–Crippen LogP) is 1.73. The Morgan fingerprint density at radius 2 is 2.16 bits per heavy atom. The van der Waals surface area contributed by atoms with Crippen LogP contribution in [0, 0.1) is 12.3 Å². The van der Waals surface area contributed by atoms with E-state index in [0.717, 1.165) is 6.42 Å². The molecular formula is C13H22N2O3S. The van der Waals surface area contributed by atoms with Crippen molar-refractivity contribution in [2.75, 3.05) is 20.1 Å². The van der Waals surface area contributed by atoms with Crippen LogP contribution in [-0.2, 0) is 16.6 Å². The van der Waals surface area contributed by atoms with Crippen molar-refractivity contribution < 1.29 is 12.8 Å². The first-order valence-electron chi connectivity index (χ1n) is 6.50. The Morgan fingerprint density at radius 3 is 2.68 bits per heavy atom. The normalized spacial score (nSPS) is 20.0. The molecule has 0 aromatic carbocycles. The first-order valence-corrected chi connectivity index (χ1v) is 7.94. The number of hydrogen-bond donors (Lipinski definition) is 1. The van der Waals surface area contributed by atoms with E-state index in [4.69, 9.17) is 4.42 Å². The van der Waals surface area contributed by atoms with Crippen molar-refractivity contribution in [3.63, 3.8) is 0 Å². The molecule has 108 valence electrons. The highest BCUT2D eigenvalue weighted by atomic mass is 32.2. The lowest BCUT2D eigenvalue weighted by Crippen LogP contribution is -2.30. The van der Waals surface area contributed by atoms with E-state index in [-0.39, 0.29) is 5.41 Å². The Hall–Kier alpha value is -0.850. The van der Waals surface area contributed by atoms with Crippen molar-refractivity contribution in [1.82, 2.24) is 9.62 Å². The van der Waals surface area contributed by atoms with Crippen LogP contribution in [0.1, 0.15) is 31.8 Å². The summed E-state index contributed by atoms with van der Waals surface area (Å²) >= 11 is 0. The zero-order chi connectivity index (χ0) is 14.3. The average Bonchev–Trinajstić information content (AvgIpc) is 2.83. The molecule has 0 atom stereocenters. The highest BCUT2D eigenvalue weighted by molar-refractivity contribution is 7.89. The summed E-state index contributed by atoms with van der Waals surface area (Å²) < 4.78 is 32.3. The van der Waals surface area contributed by atoms with Crippen LogP contribution in [0.3, 0.4) is 0 Å². The second-order valence-corrected chi connectivity index (χ2v) is 7.82. The van der Waals surface area contributed by atoms with Gasteiger partial charge in [0.05, 0.1) is 6.54 Å². The van der Waals surface area contributed by atoms with E-state index in [1.165, 1.54) is 0 Å². The van der Waals surface area contributed by atoms with E-state index in [2.05, 4.69) is 19.2 Å². The molecule has 1 saturated heterocycles. The third-order valence-electron chi connectivity index (χ3n) is 3.53. The highest BCUT2D eigenvalue weighted by Crippen LogP contribution is 2.34. The van der Waals surface area contributed by atoms with Gasteiger partial charge >= 0.3 is 0 Å². The minimum Gasteiger partial charge on any atom is -0.464 e. The molecule has 2 rings (SSSR count). The molecule has 0 bridgehead atoms. The second-order valence-electron chi connectivity index (χ2n) is 5.92. The smallest absolute Gasteiger partial charge is 0.246 e. The zero-order valence-corrected chi connectivity index (χ0v) is 12.8. The van der Waals surface area contributed by atoms with Crippen LogP contribution < -0.4 is 5.32 Å². The van der Waals surface area contributed by atoms with Gasteiger partial charge in [0.2, 0.25) is 10.0 Å². The maximum atomic E-state index is 12.6. The van der Waals surface area contributed by atoms with Crippen LogP contribution in [-0.4, -0.2) is 32.9 Å². The third kappa shape index (κ3) is 2.85. The van der Waals surface area contributed by atoms with E-state index in [0.29, 0.717) is 36.1 Å². The lowest BCUT2D eigenvalue weighted by Gasteiger charge is -2.19.